The zero-order valence-corrected chi connectivity index (χ0v) is 87.1. The molecule has 4 amide bonds. The van der Waals surface area contributed by atoms with Crippen LogP contribution in [0.15, 0.2) is 232 Å². The van der Waals surface area contributed by atoms with Gasteiger partial charge in [0, 0.05) is 61.0 Å². The van der Waals surface area contributed by atoms with Crippen LogP contribution >= 0.6 is 0 Å². The number of phenolic OH excluding ortho intramolecular Hbond substituents is 2. The molecule has 12 heterocycles. The Balaban J connectivity index is 0.000000193. The number of benzene rings is 8. The minimum absolute atomic E-state index is 0. The van der Waals surface area contributed by atoms with E-state index >= 15 is 0 Å². The number of rotatable bonds is 14. The molecule has 12 aromatic rings. The predicted octanol–water partition coefficient (Wildman–Crippen LogP) is 9.70. The minimum Gasteiger partial charge on any atom is -1.00 e. The third-order valence-electron chi connectivity index (χ3n) is 25.1. The molecule has 43 heteroatoms. The number of carbonyl (C=O) groups is 9. The molecule has 4 aromatic heterocycles. The van der Waals surface area contributed by atoms with Crippen molar-refractivity contribution >= 4 is 86.8 Å². The fourth-order valence-corrected chi connectivity index (χ4v) is 18.0. The van der Waals surface area contributed by atoms with E-state index in [1.165, 1.54) is 61.9 Å². The van der Waals surface area contributed by atoms with Crippen LogP contribution in [0.5, 0.6) is 17.2 Å². The van der Waals surface area contributed by atoms with Crippen LogP contribution in [0.25, 0.3) is 22.7 Å². The number of nitrogens with zero attached hydrogens (tertiary/aromatic N) is 16. The van der Waals surface area contributed by atoms with Crippen LogP contribution in [0.1, 0.15) is 234 Å². The van der Waals surface area contributed by atoms with Crippen LogP contribution in [0.3, 0.4) is 0 Å². The Morgan fingerprint density at radius 2 is 0.791 bits per heavy atom. The molecule has 0 aliphatic carbocycles. The number of para-hydroxylation sites is 4. The maximum Gasteiger partial charge on any atom is 2.00 e. The van der Waals surface area contributed by atoms with Gasteiger partial charge < -0.3 is 104 Å². The quantitative estimate of drug-likeness (QED) is 0.0133. The molecule has 20 rings (SSSR count). The number of fused-ring (bicyclic) bond motifs is 3. The molecule has 10 atom stereocenters. The number of likely N-dealkylation sites (tertiary alicyclic amines) is 4. The first-order valence-corrected chi connectivity index (χ1v) is 48.9. The number of piperidine rings is 5. The number of aromatic hydroxyl groups is 2. The number of carboxylic acid groups (broad SMARTS) is 1. The standard InChI is InChI=1S/C25H26N4O4.C16H20N4O4S.C15H18N4O2.C14H19NO3.C10H10O3.C9H7N3O2.C8H4O4.C6H13NO.CH4.CH3.BrH.Mg/c1-16-11-12-17(32-21-10-6-8-19-22(21)24(31)33-25(19,2)3)15-28(16)23(30)18-7-4-5-9-20(18)29-26-13-14-27-29;1-12-7-8-13(24-25(2,22)23)11-19(12)16(21)14-5-3-4-6-15(14)20-17-9-10-18-20;1-11-6-7-12(20)10-18(11)15(21)13-4-2-3-5-14(13)19-16-8-9-17-19;1-11-7-8-13(16)9-15(11)14(17)18-10-12-5-3-2-4-6-12;1-10(2)6-4-3-5-7(11)8(6)9(12)13-10;13-9(14)7-3-1-2-4-8(7)12-10-5-6-11-12;9-5-3-1-2-4-6(5)8(11)12-7(4)10;1-5-2-3-6(8)4-7-5;;;;/h4-10,13-14,16-17H,11-12,15H2,1-3H3;3-6,9-10,12-13H,7-8,11H2,1-2H3;2-5,8-9,11-12,20H,6-7,10H2,1H3;2-6,11,13,16H,7-10H2,1H3;3-5,11H,1-2H3;1-6H,(H,13,14);1-3,9H;5-8H,2-4H2,1H3;1H4;1H3;1H;/q;;;;;;;;;-1;;+2/p-1/t16-,17-;12-,13+;11-,12+;11-,13+;;;;5-,6+;;;;/m1111...1..../s1. The summed E-state index contributed by atoms with van der Waals surface area (Å²) in [5.74, 6) is -3.38. The average Bonchev–Trinajstić information content (AvgIpc) is 1.61. The van der Waals surface area contributed by atoms with Crippen LogP contribution in [-0.4, -0.2) is 295 Å². The van der Waals surface area contributed by atoms with Crippen molar-refractivity contribution in [1.82, 2.24) is 84.9 Å². The number of carbonyl (C=O) groups excluding carboxylic acids is 8. The molecule has 5 saturated heterocycles. The minimum atomic E-state index is -3.56. The Morgan fingerprint density at radius 1 is 0.426 bits per heavy atom. The van der Waals surface area contributed by atoms with Crippen molar-refractivity contribution in [2.45, 2.75) is 212 Å². The summed E-state index contributed by atoms with van der Waals surface area (Å²) in [4.78, 5) is 120. The fourth-order valence-electron chi connectivity index (χ4n) is 17.3. The van der Waals surface area contributed by atoms with E-state index in [2.05, 4.69) is 57.8 Å². The summed E-state index contributed by atoms with van der Waals surface area (Å²) in [6.45, 7) is 19.9. The fraction of sp³-hybridized carbons (Fsp3) is 0.371. The number of ether oxygens (including phenoxy) is 5. The van der Waals surface area contributed by atoms with E-state index in [4.69, 9.17) is 38.5 Å². The normalized spacial score (nSPS) is 20.3. The molecule has 40 nitrogen and oxygen atoms in total. The number of β-amino-alcohol motifs (C(OH)–C–C–N with tert-alkyl or cyclic N) is 3. The van der Waals surface area contributed by atoms with E-state index < -0.39 is 63.5 Å². The number of hydrogen-bond donors (Lipinski definition) is 7. The van der Waals surface area contributed by atoms with Gasteiger partial charge in [-0.1, -0.05) is 117 Å². The van der Waals surface area contributed by atoms with Crippen LogP contribution in [-0.2, 0) is 51.1 Å². The molecular formula is C105H124BrMgN17O23S. The summed E-state index contributed by atoms with van der Waals surface area (Å²) in [7, 11) is -3.56. The molecule has 0 bridgehead atoms. The number of amides is 4. The molecule has 5 fully saturated rings. The maximum absolute atomic E-state index is 13.6. The average molecular weight is 2130 g/mol. The number of carboxylic acids is 1. The molecule has 0 spiro atoms. The van der Waals surface area contributed by atoms with Gasteiger partial charge >= 0.3 is 59.0 Å². The third-order valence-corrected chi connectivity index (χ3v) is 25.7. The number of aromatic nitrogens is 12. The van der Waals surface area contributed by atoms with Crippen LogP contribution in [0.2, 0.25) is 0 Å². The number of phenols is 2. The van der Waals surface area contributed by atoms with E-state index in [1.807, 2.05) is 131 Å². The summed E-state index contributed by atoms with van der Waals surface area (Å²) < 4.78 is 54.4. The van der Waals surface area contributed by atoms with Gasteiger partial charge in [0.1, 0.15) is 63.5 Å². The van der Waals surface area contributed by atoms with Gasteiger partial charge in [0.25, 0.3) is 27.8 Å². The number of aromatic carboxylic acids is 1. The van der Waals surface area contributed by atoms with Crippen LogP contribution in [0, 0.1) is 7.43 Å². The molecule has 0 unspecified atom stereocenters. The number of nitrogens with one attached hydrogen (secondary N) is 1. The number of aliphatic hydroxyl groups is 3. The SMILES string of the molecule is C.CC1(C)OC(=O)c2c(O)cccc21.C[C@@H]1CC[C@@H](Oc2cccc3c2C(=O)OC3(C)C)CN1C(=O)c1ccccc1-n1nccn1.C[C@@H]1CC[C@H](O)CN1.C[C@@H]1CC[C@H](O)CN1C(=O)OCc1ccccc1.C[C@@H]1CC[C@H](O)CN1C(=O)c1ccccc1-n1nccn1.C[C@@H]1CC[C@H](OS(C)(=O)=O)CN1C(=O)c1ccccc1-n1nccn1.O=C(O)c1ccccc1-n1nccn1.O=C1OC(=O)c2c(O)cccc21.[Br-].[CH3-].[Mg+2]. The number of esters is 4. The van der Waals surface area contributed by atoms with Gasteiger partial charge in [0.2, 0.25) is 0 Å². The van der Waals surface area contributed by atoms with Crippen molar-refractivity contribution in [3.05, 3.63) is 300 Å². The second-order valence-electron chi connectivity index (χ2n) is 36.5. The first-order chi connectivity index (χ1) is 68.8. The monoisotopic (exact) mass is 2130 g/mol. The van der Waals surface area contributed by atoms with E-state index in [9.17, 15) is 66.9 Å². The van der Waals surface area contributed by atoms with Crippen LogP contribution in [0.4, 0.5) is 4.79 Å². The van der Waals surface area contributed by atoms with Crippen molar-refractivity contribution < 1.29 is 127 Å². The first kappa shape index (κ1) is 117. The van der Waals surface area contributed by atoms with Crippen molar-refractivity contribution in [2.24, 2.45) is 0 Å². The Morgan fingerprint density at radius 3 is 1.22 bits per heavy atom. The van der Waals surface area contributed by atoms with Crippen molar-refractivity contribution in [1.29, 1.82) is 0 Å². The summed E-state index contributed by atoms with van der Waals surface area (Å²) in [5, 5.41) is 91.5. The molecular weight excluding hydrogens is 2000 g/mol. The van der Waals surface area contributed by atoms with Gasteiger partial charge in [-0.3, -0.25) is 18.6 Å². The first-order valence-electron chi connectivity index (χ1n) is 47.1. The zero-order valence-electron chi connectivity index (χ0n) is 83.3. The molecule has 7 N–H and O–H groups in total. The summed E-state index contributed by atoms with van der Waals surface area (Å²) in [5.41, 5.74) is 6.16. The summed E-state index contributed by atoms with van der Waals surface area (Å²) in [6.07, 6.45) is 19.4. The summed E-state index contributed by atoms with van der Waals surface area (Å²) in [6, 6.07) is 53.5. The second kappa shape index (κ2) is 53.5. The maximum atomic E-state index is 13.6. The van der Waals surface area contributed by atoms with Gasteiger partial charge in [-0.15, -0.1) is 0 Å². The van der Waals surface area contributed by atoms with Crippen LogP contribution < -0.4 is 27.0 Å². The summed E-state index contributed by atoms with van der Waals surface area (Å²) >= 11 is 0. The van der Waals surface area contributed by atoms with E-state index in [0.29, 0.717) is 94.8 Å². The Kier molecular flexibility index (Phi) is 42.5. The Bertz CT molecular complexity index is 6570. The van der Waals surface area contributed by atoms with Crippen molar-refractivity contribution in [3.63, 3.8) is 0 Å². The molecule has 148 heavy (non-hydrogen) atoms. The van der Waals surface area contributed by atoms with Crippen molar-refractivity contribution in [3.8, 4) is 40.0 Å². The largest absolute Gasteiger partial charge is 2.00 e. The van der Waals surface area contributed by atoms with Gasteiger partial charge in [0.15, 0.2) is 0 Å². The molecule has 0 radical (unpaired) electrons. The van der Waals surface area contributed by atoms with E-state index in [0.717, 1.165) is 80.9 Å². The third kappa shape index (κ3) is 30.1. The molecule has 782 valence electrons. The smallest absolute Gasteiger partial charge is 1.00 e. The zero-order chi connectivity index (χ0) is 103. The molecule has 8 aromatic carbocycles. The number of cyclic esters (lactones) is 4. The van der Waals surface area contributed by atoms with Gasteiger partial charge in [-0.25, -0.2) is 28.8 Å². The van der Waals surface area contributed by atoms with Gasteiger partial charge in [0.05, 0.1) is 138 Å². The predicted molar refractivity (Wildman–Crippen MR) is 541 cm³/mol. The van der Waals surface area contributed by atoms with E-state index in [-0.39, 0.29) is 162 Å². The molecule has 8 aliphatic rings. The topological polar surface area (TPSA) is 512 Å². The van der Waals surface area contributed by atoms with E-state index in [1.54, 1.807) is 132 Å². The number of hydrogen-bond acceptors (Lipinski definition) is 31. The number of aliphatic hydroxyl groups excluding tert-OH is 3. The molecule has 0 saturated carbocycles. The Labute approximate surface area is 884 Å². The Hall–Kier alpha value is -14.1. The van der Waals surface area contributed by atoms with Gasteiger partial charge in [-0.2, -0.15) is 68.4 Å². The number of halogens is 1. The van der Waals surface area contributed by atoms with Gasteiger partial charge in [-0.05, 0) is 205 Å². The molecule has 8 aliphatic heterocycles. The second-order valence-corrected chi connectivity index (χ2v) is 38.1. The van der Waals surface area contributed by atoms with Crippen molar-refractivity contribution in [2.75, 3.05) is 39.0 Å².